The Morgan fingerprint density at radius 1 is 1.20 bits per heavy atom. The Hall–Kier alpha value is -0.120. The summed E-state index contributed by atoms with van der Waals surface area (Å²) in [7, 11) is 1.70. The number of hydrogen-bond donors (Lipinski definition) is 0. The lowest BCUT2D eigenvalue weighted by Gasteiger charge is -2.10. The number of hydrogen-bond acceptors (Lipinski definition) is 3. The second kappa shape index (κ2) is 8.08. The molecule has 0 aliphatic carbocycles. The Bertz CT molecular complexity index is 150. The molecule has 0 aromatic rings. The third-order valence-electron chi connectivity index (χ3n) is 2.71. The first-order chi connectivity index (χ1) is 7.36. The van der Waals surface area contributed by atoms with Crippen LogP contribution in [0.25, 0.3) is 0 Å². The highest BCUT2D eigenvalue weighted by atomic mass is 16.7. The SMILES string of the molecule is CCCCCCC[C@H]1OC[C@@H](COC)O1. The Balaban J connectivity index is 1.94. The van der Waals surface area contributed by atoms with Crippen molar-refractivity contribution in [2.75, 3.05) is 20.3 Å². The molecule has 0 saturated carbocycles. The number of methoxy groups -OCH3 is 1. The first kappa shape index (κ1) is 12.9. The van der Waals surface area contributed by atoms with Crippen molar-refractivity contribution < 1.29 is 14.2 Å². The van der Waals surface area contributed by atoms with Gasteiger partial charge in [0.1, 0.15) is 6.10 Å². The molecule has 15 heavy (non-hydrogen) atoms. The molecule has 90 valence electrons. The van der Waals surface area contributed by atoms with Gasteiger partial charge in [0.05, 0.1) is 13.2 Å². The first-order valence-electron chi connectivity index (χ1n) is 6.12. The van der Waals surface area contributed by atoms with Crippen LogP contribution in [0.2, 0.25) is 0 Å². The molecule has 2 atom stereocenters. The van der Waals surface area contributed by atoms with Crippen molar-refractivity contribution in [1.82, 2.24) is 0 Å². The number of rotatable bonds is 8. The van der Waals surface area contributed by atoms with Crippen LogP contribution in [-0.4, -0.2) is 32.7 Å². The third-order valence-corrected chi connectivity index (χ3v) is 2.71. The Morgan fingerprint density at radius 3 is 2.73 bits per heavy atom. The zero-order chi connectivity index (χ0) is 10.9. The maximum Gasteiger partial charge on any atom is 0.158 e. The highest BCUT2D eigenvalue weighted by Gasteiger charge is 2.24. The monoisotopic (exact) mass is 216 g/mol. The van der Waals surface area contributed by atoms with Crippen molar-refractivity contribution in [3.8, 4) is 0 Å². The van der Waals surface area contributed by atoms with Crippen LogP contribution in [0.3, 0.4) is 0 Å². The van der Waals surface area contributed by atoms with Crippen molar-refractivity contribution in [3.05, 3.63) is 0 Å². The van der Waals surface area contributed by atoms with Crippen LogP contribution >= 0.6 is 0 Å². The summed E-state index contributed by atoms with van der Waals surface area (Å²) in [5.74, 6) is 0. The summed E-state index contributed by atoms with van der Waals surface area (Å²) in [6.45, 7) is 3.57. The fraction of sp³-hybridized carbons (Fsp3) is 1.00. The highest BCUT2D eigenvalue weighted by molar-refractivity contribution is 4.64. The molecule has 1 aliphatic heterocycles. The molecule has 3 nitrogen and oxygen atoms in total. The van der Waals surface area contributed by atoms with E-state index in [0.717, 1.165) is 6.42 Å². The van der Waals surface area contributed by atoms with Gasteiger partial charge < -0.3 is 14.2 Å². The largest absolute Gasteiger partial charge is 0.382 e. The molecule has 1 saturated heterocycles. The summed E-state index contributed by atoms with van der Waals surface area (Å²) >= 11 is 0. The predicted molar refractivity (Wildman–Crippen MR) is 59.9 cm³/mol. The molecule has 0 radical (unpaired) electrons. The van der Waals surface area contributed by atoms with Crippen molar-refractivity contribution >= 4 is 0 Å². The minimum absolute atomic E-state index is 0.0202. The van der Waals surface area contributed by atoms with Crippen LogP contribution in [-0.2, 0) is 14.2 Å². The Labute approximate surface area is 93.1 Å². The maximum absolute atomic E-state index is 5.66. The van der Waals surface area contributed by atoms with Crippen molar-refractivity contribution in [2.45, 2.75) is 57.8 Å². The zero-order valence-electron chi connectivity index (χ0n) is 10.0. The summed E-state index contributed by atoms with van der Waals surface area (Å²) in [6, 6.07) is 0. The topological polar surface area (TPSA) is 27.7 Å². The third kappa shape index (κ3) is 5.50. The highest BCUT2D eigenvalue weighted by Crippen LogP contribution is 2.18. The summed E-state index contributed by atoms with van der Waals surface area (Å²) in [5, 5.41) is 0. The first-order valence-corrected chi connectivity index (χ1v) is 6.12. The van der Waals surface area contributed by atoms with E-state index < -0.39 is 0 Å². The van der Waals surface area contributed by atoms with E-state index in [0.29, 0.717) is 13.2 Å². The van der Waals surface area contributed by atoms with Gasteiger partial charge in [0.25, 0.3) is 0 Å². The Morgan fingerprint density at radius 2 is 2.00 bits per heavy atom. The predicted octanol–water partition coefficient (Wildman–Crippen LogP) is 2.73. The standard InChI is InChI=1S/C12H24O3/c1-3-4-5-6-7-8-12-14-10-11(15-12)9-13-2/h11-12H,3-10H2,1-2H3/t11-,12+/m1/s1. The lowest BCUT2D eigenvalue weighted by atomic mass is 10.1. The van der Waals surface area contributed by atoms with Crippen LogP contribution in [0.5, 0.6) is 0 Å². The zero-order valence-corrected chi connectivity index (χ0v) is 10.0. The molecule has 1 aliphatic rings. The van der Waals surface area contributed by atoms with Gasteiger partial charge >= 0.3 is 0 Å². The molecule has 0 N–H and O–H groups in total. The summed E-state index contributed by atoms with van der Waals surface area (Å²) in [4.78, 5) is 0. The van der Waals surface area contributed by atoms with Crippen LogP contribution in [0.15, 0.2) is 0 Å². The minimum atomic E-state index is 0.0202. The normalized spacial score (nSPS) is 26.0. The van der Waals surface area contributed by atoms with Gasteiger partial charge in [-0.25, -0.2) is 0 Å². The minimum Gasteiger partial charge on any atom is -0.382 e. The lowest BCUT2D eigenvalue weighted by Crippen LogP contribution is -2.17. The number of unbranched alkanes of at least 4 members (excludes halogenated alkanes) is 4. The van der Waals surface area contributed by atoms with Crippen molar-refractivity contribution in [1.29, 1.82) is 0 Å². The lowest BCUT2D eigenvalue weighted by molar-refractivity contribution is -0.0728. The Kier molecular flexibility index (Phi) is 6.98. The smallest absolute Gasteiger partial charge is 0.158 e. The molecule has 1 fully saturated rings. The van der Waals surface area contributed by atoms with E-state index in [-0.39, 0.29) is 12.4 Å². The molecule has 1 rings (SSSR count). The molecule has 0 aromatic heterocycles. The second-order valence-electron chi connectivity index (χ2n) is 4.18. The molecule has 0 unspecified atom stereocenters. The average molecular weight is 216 g/mol. The second-order valence-corrected chi connectivity index (χ2v) is 4.18. The summed E-state index contributed by atoms with van der Waals surface area (Å²) < 4.78 is 16.2. The molecule has 0 amide bonds. The molecule has 1 heterocycles. The van der Waals surface area contributed by atoms with Crippen LogP contribution in [0.4, 0.5) is 0 Å². The van der Waals surface area contributed by atoms with Gasteiger partial charge in [-0.15, -0.1) is 0 Å². The fourth-order valence-corrected chi connectivity index (χ4v) is 1.85. The van der Waals surface area contributed by atoms with Crippen LogP contribution < -0.4 is 0 Å². The van der Waals surface area contributed by atoms with Gasteiger partial charge in [0.15, 0.2) is 6.29 Å². The van der Waals surface area contributed by atoms with Gasteiger partial charge in [0.2, 0.25) is 0 Å². The molecule has 0 spiro atoms. The van der Waals surface area contributed by atoms with E-state index in [1.54, 1.807) is 7.11 Å². The number of ether oxygens (including phenoxy) is 3. The van der Waals surface area contributed by atoms with Gasteiger partial charge in [-0.2, -0.15) is 0 Å². The fourth-order valence-electron chi connectivity index (χ4n) is 1.85. The van der Waals surface area contributed by atoms with Gasteiger partial charge in [-0.1, -0.05) is 32.6 Å². The van der Waals surface area contributed by atoms with Gasteiger partial charge in [-0.3, -0.25) is 0 Å². The summed E-state index contributed by atoms with van der Waals surface area (Å²) in [5.41, 5.74) is 0. The molecule has 0 bridgehead atoms. The van der Waals surface area contributed by atoms with Crippen molar-refractivity contribution in [3.63, 3.8) is 0 Å². The van der Waals surface area contributed by atoms with Crippen molar-refractivity contribution in [2.24, 2.45) is 0 Å². The molecular formula is C12H24O3. The summed E-state index contributed by atoms with van der Waals surface area (Å²) in [6.07, 6.45) is 7.69. The van der Waals surface area contributed by atoms with E-state index in [1.165, 1.54) is 32.1 Å². The van der Waals surface area contributed by atoms with E-state index in [9.17, 15) is 0 Å². The van der Waals surface area contributed by atoms with Crippen LogP contribution in [0, 0.1) is 0 Å². The average Bonchev–Trinajstić information content (AvgIpc) is 2.66. The van der Waals surface area contributed by atoms with E-state index in [4.69, 9.17) is 14.2 Å². The van der Waals surface area contributed by atoms with E-state index in [2.05, 4.69) is 6.92 Å². The molecule has 0 aromatic carbocycles. The van der Waals surface area contributed by atoms with Crippen LogP contribution in [0.1, 0.15) is 45.4 Å². The van der Waals surface area contributed by atoms with Gasteiger partial charge in [-0.05, 0) is 12.8 Å². The van der Waals surface area contributed by atoms with Gasteiger partial charge in [0, 0.05) is 7.11 Å². The molecule has 3 heteroatoms. The molecular weight excluding hydrogens is 192 g/mol. The maximum atomic E-state index is 5.66. The van der Waals surface area contributed by atoms with E-state index >= 15 is 0 Å². The quantitative estimate of drug-likeness (QED) is 0.584. The van der Waals surface area contributed by atoms with E-state index in [1.807, 2.05) is 0 Å².